The molecular weight excluding hydrogens is 352 g/mol. The summed E-state index contributed by atoms with van der Waals surface area (Å²) in [5.74, 6) is 0.788. The second-order valence-corrected chi connectivity index (χ2v) is 6.97. The number of hydrogen-bond acceptors (Lipinski definition) is 4. The van der Waals surface area contributed by atoms with Crippen LogP contribution in [-0.2, 0) is 0 Å². The Bertz CT molecular complexity index is 1100. The molecule has 0 aliphatic carbocycles. The smallest absolute Gasteiger partial charge is 0.259 e. The van der Waals surface area contributed by atoms with Crippen LogP contribution < -0.4 is 0 Å². The van der Waals surface area contributed by atoms with Crippen molar-refractivity contribution in [3.63, 3.8) is 0 Å². The van der Waals surface area contributed by atoms with Gasteiger partial charge in [-0.25, -0.2) is 14.5 Å². The van der Waals surface area contributed by atoms with E-state index in [1.165, 1.54) is 0 Å². The highest BCUT2D eigenvalue weighted by Gasteiger charge is 2.32. The minimum absolute atomic E-state index is 0.0384. The van der Waals surface area contributed by atoms with Crippen LogP contribution >= 0.6 is 0 Å². The number of imidazole rings is 1. The second kappa shape index (κ2) is 6.92. The van der Waals surface area contributed by atoms with Crippen molar-refractivity contribution in [2.75, 3.05) is 6.54 Å². The molecular formula is C21H20N6O. The van der Waals surface area contributed by atoms with Gasteiger partial charge in [0.15, 0.2) is 5.65 Å². The molecule has 1 N–H and O–H groups in total. The Morgan fingerprint density at radius 2 is 1.96 bits per heavy atom. The first-order chi connectivity index (χ1) is 13.8. The van der Waals surface area contributed by atoms with Crippen LogP contribution in [0.5, 0.6) is 0 Å². The highest BCUT2D eigenvalue weighted by molar-refractivity contribution is 6.00. The monoisotopic (exact) mass is 372 g/mol. The molecule has 1 aliphatic rings. The molecule has 28 heavy (non-hydrogen) atoms. The largest absolute Gasteiger partial charge is 0.347 e. The maximum atomic E-state index is 13.4. The molecule has 1 amide bonds. The van der Waals surface area contributed by atoms with Crippen molar-refractivity contribution in [2.45, 2.75) is 25.3 Å². The Balaban J connectivity index is 1.55. The summed E-state index contributed by atoms with van der Waals surface area (Å²) in [6.45, 7) is 0.708. The summed E-state index contributed by atoms with van der Waals surface area (Å²) in [7, 11) is 0. The molecule has 7 heteroatoms. The molecule has 7 nitrogen and oxygen atoms in total. The molecule has 3 aromatic heterocycles. The van der Waals surface area contributed by atoms with E-state index in [4.69, 9.17) is 0 Å². The number of nitrogens with zero attached hydrogens (tertiary/aromatic N) is 5. The van der Waals surface area contributed by atoms with Crippen LogP contribution in [-0.4, -0.2) is 41.9 Å². The Kier molecular flexibility index (Phi) is 4.12. The summed E-state index contributed by atoms with van der Waals surface area (Å²) in [4.78, 5) is 27.3. The quantitative estimate of drug-likeness (QED) is 0.597. The molecule has 0 radical (unpaired) electrons. The number of nitrogens with one attached hydrogen (secondary N) is 1. The van der Waals surface area contributed by atoms with E-state index in [0.29, 0.717) is 17.8 Å². The van der Waals surface area contributed by atoms with Crippen LogP contribution in [0.2, 0.25) is 0 Å². The lowest BCUT2D eigenvalue weighted by atomic mass is 10.0. The predicted molar refractivity (Wildman–Crippen MR) is 105 cm³/mol. The van der Waals surface area contributed by atoms with Gasteiger partial charge < -0.3 is 9.88 Å². The molecule has 1 atom stereocenters. The van der Waals surface area contributed by atoms with Gasteiger partial charge in [-0.05, 0) is 25.3 Å². The minimum Gasteiger partial charge on any atom is -0.347 e. The summed E-state index contributed by atoms with van der Waals surface area (Å²) in [6.07, 6.45) is 9.87. The van der Waals surface area contributed by atoms with Crippen LogP contribution in [0.15, 0.2) is 61.2 Å². The van der Waals surface area contributed by atoms with Crippen molar-refractivity contribution in [3.05, 3.63) is 72.6 Å². The zero-order valence-electron chi connectivity index (χ0n) is 15.3. The molecule has 0 unspecified atom stereocenters. The molecule has 4 aromatic rings. The maximum absolute atomic E-state index is 13.4. The summed E-state index contributed by atoms with van der Waals surface area (Å²) in [5.41, 5.74) is 3.04. The third kappa shape index (κ3) is 2.76. The molecule has 140 valence electrons. The molecule has 1 fully saturated rings. The number of hydrogen-bond donors (Lipinski definition) is 1. The standard InChI is InChI=1S/C21H20N6O/c28-21(26-13-5-4-8-18(26)19-22-11-12-23-19)16-14-25-27-17(9-10-24-20(16)27)15-6-2-1-3-7-15/h1-3,6-7,9-12,14,18H,4-5,8,13H2,(H,22,23)/t18-/m0/s1. The summed E-state index contributed by atoms with van der Waals surface area (Å²) in [6, 6.07) is 11.9. The first-order valence-electron chi connectivity index (χ1n) is 9.51. The summed E-state index contributed by atoms with van der Waals surface area (Å²) >= 11 is 0. The van der Waals surface area contributed by atoms with E-state index in [0.717, 1.165) is 36.3 Å². The Morgan fingerprint density at radius 1 is 1.07 bits per heavy atom. The number of carbonyl (C=O) groups excluding carboxylic acids is 1. The van der Waals surface area contributed by atoms with E-state index >= 15 is 0 Å². The number of amides is 1. The average Bonchev–Trinajstić information content (AvgIpc) is 3.44. The minimum atomic E-state index is -0.0474. The molecule has 0 bridgehead atoms. The van der Waals surface area contributed by atoms with Crippen molar-refractivity contribution in [1.82, 2.24) is 29.5 Å². The van der Waals surface area contributed by atoms with Crippen LogP contribution in [0.25, 0.3) is 16.9 Å². The molecule has 4 heterocycles. The van der Waals surface area contributed by atoms with Gasteiger partial charge in [0.05, 0.1) is 17.9 Å². The van der Waals surface area contributed by atoms with Gasteiger partial charge in [0.1, 0.15) is 11.4 Å². The fraction of sp³-hybridized carbons (Fsp3) is 0.238. The van der Waals surface area contributed by atoms with Crippen molar-refractivity contribution in [2.24, 2.45) is 0 Å². The molecule has 0 saturated carbocycles. The molecule has 5 rings (SSSR count). The first-order valence-corrected chi connectivity index (χ1v) is 9.51. The van der Waals surface area contributed by atoms with E-state index < -0.39 is 0 Å². The lowest BCUT2D eigenvalue weighted by Gasteiger charge is -2.34. The van der Waals surface area contributed by atoms with Crippen LogP contribution in [0.1, 0.15) is 41.5 Å². The van der Waals surface area contributed by atoms with E-state index in [1.54, 1.807) is 29.3 Å². The van der Waals surface area contributed by atoms with Gasteiger partial charge >= 0.3 is 0 Å². The molecule has 1 saturated heterocycles. The van der Waals surface area contributed by atoms with Gasteiger partial charge in [-0.1, -0.05) is 30.3 Å². The predicted octanol–water partition coefficient (Wildman–Crippen LogP) is 3.49. The third-order valence-corrected chi connectivity index (χ3v) is 5.30. The van der Waals surface area contributed by atoms with Gasteiger partial charge in [-0.3, -0.25) is 4.79 Å². The van der Waals surface area contributed by atoms with Gasteiger partial charge in [0.25, 0.3) is 5.91 Å². The third-order valence-electron chi connectivity index (χ3n) is 5.30. The lowest BCUT2D eigenvalue weighted by molar-refractivity contribution is 0.0603. The number of piperidine rings is 1. The number of aromatic amines is 1. The zero-order chi connectivity index (χ0) is 18.9. The van der Waals surface area contributed by atoms with E-state index in [9.17, 15) is 4.79 Å². The Hall–Kier alpha value is -3.48. The normalized spacial score (nSPS) is 17.1. The van der Waals surface area contributed by atoms with Crippen molar-refractivity contribution < 1.29 is 4.79 Å². The fourth-order valence-corrected chi connectivity index (χ4v) is 3.94. The second-order valence-electron chi connectivity index (χ2n) is 6.97. The number of H-pyrrole nitrogens is 1. The number of fused-ring (bicyclic) bond motifs is 1. The number of likely N-dealkylation sites (tertiary alicyclic amines) is 1. The lowest BCUT2D eigenvalue weighted by Crippen LogP contribution is -2.39. The van der Waals surface area contributed by atoms with Crippen LogP contribution in [0.4, 0.5) is 0 Å². The van der Waals surface area contributed by atoms with E-state index in [-0.39, 0.29) is 11.9 Å². The SMILES string of the molecule is O=C(c1cnn2c(-c3ccccc3)ccnc12)N1CCCC[C@H]1c1ncc[nH]1. The van der Waals surface area contributed by atoms with E-state index in [2.05, 4.69) is 20.1 Å². The van der Waals surface area contributed by atoms with E-state index in [1.807, 2.05) is 41.3 Å². The van der Waals surface area contributed by atoms with Crippen molar-refractivity contribution in [1.29, 1.82) is 0 Å². The first kappa shape index (κ1) is 16.7. The maximum Gasteiger partial charge on any atom is 0.259 e. The zero-order valence-corrected chi connectivity index (χ0v) is 15.3. The highest BCUT2D eigenvalue weighted by atomic mass is 16.2. The number of carbonyl (C=O) groups is 1. The number of aromatic nitrogens is 5. The highest BCUT2D eigenvalue weighted by Crippen LogP contribution is 2.31. The molecule has 1 aliphatic heterocycles. The van der Waals surface area contributed by atoms with Crippen LogP contribution in [0.3, 0.4) is 0 Å². The Labute approximate surface area is 162 Å². The van der Waals surface area contributed by atoms with Gasteiger partial charge in [0.2, 0.25) is 0 Å². The average molecular weight is 372 g/mol. The fourth-order valence-electron chi connectivity index (χ4n) is 3.94. The summed E-state index contributed by atoms with van der Waals surface area (Å²) < 4.78 is 1.74. The van der Waals surface area contributed by atoms with Crippen molar-refractivity contribution in [3.8, 4) is 11.3 Å². The van der Waals surface area contributed by atoms with Crippen LogP contribution in [0, 0.1) is 0 Å². The van der Waals surface area contributed by atoms with Gasteiger partial charge in [0, 0.05) is 30.7 Å². The molecule has 1 aromatic carbocycles. The number of benzene rings is 1. The molecule has 0 spiro atoms. The number of rotatable bonds is 3. The summed E-state index contributed by atoms with van der Waals surface area (Å²) in [5, 5.41) is 4.48. The van der Waals surface area contributed by atoms with Gasteiger partial charge in [-0.15, -0.1) is 0 Å². The van der Waals surface area contributed by atoms with Gasteiger partial charge in [-0.2, -0.15) is 5.10 Å². The topological polar surface area (TPSA) is 79.2 Å². The van der Waals surface area contributed by atoms with Crippen molar-refractivity contribution >= 4 is 11.6 Å². The Morgan fingerprint density at radius 3 is 2.79 bits per heavy atom.